The van der Waals surface area contributed by atoms with Crippen LogP contribution >= 0.6 is 0 Å². The van der Waals surface area contributed by atoms with E-state index in [0.29, 0.717) is 11.5 Å². The van der Waals surface area contributed by atoms with E-state index in [1.54, 1.807) is 6.07 Å². The molecule has 4 heteroatoms. The zero-order valence-electron chi connectivity index (χ0n) is 15.3. The maximum Gasteiger partial charge on any atom is 0.273 e. The molecule has 3 aromatic rings. The van der Waals surface area contributed by atoms with Gasteiger partial charge >= 0.3 is 0 Å². The van der Waals surface area contributed by atoms with Crippen LogP contribution in [0, 0.1) is 0 Å². The maximum absolute atomic E-state index is 12.6. The average Bonchev–Trinajstić information content (AvgIpc) is 3.20. The molecule has 0 spiro atoms. The number of carbonyl (C=O) groups is 1. The van der Waals surface area contributed by atoms with Crippen molar-refractivity contribution in [3.05, 3.63) is 89.7 Å². The molecule has 0 unspecified atom stereocenters. The second-order valence-corrected chi connectivity index (χ2v) is 6.52. The molecular formula is C22H23N3O. The number of hydrogen-bond donors (Lipinski definition) is 1. The van der Waals surface area contributed by atoms with Gasteiger partial charge in [0, 0.05) is 12.4 Å². The molecule has 0 saturated heterocycles. The lowest BCUT2D eigenvalue weighted by molar-refractivity contribution is 0.0955. The lowest BCUT2D eigenvalue weighted by atomic mass is 10.0. The Labute approximate surface area is 154 Å². The van der Waals surface area contributed by atoms with Gasteiger partial charge in [-0.05, 0) is 48.2 Å². The number of nitrogens with one attached hydrogen (secondary N) is 1. The van der Waals surface area contributed by atoms with Gasteiger partial charge < -0.3 is 4.57 Å². The summed E-state index contributed by atoms with van der Waals surface area (Å²) < 4.78 is 1.91. The van der Waals surface area contributed by atoms with E-state index in [4.69, 9.17) is 0 Å². The van der Waals surface area contributed by atoms with Crippen LogP contribution in [-0.4, -0.2) is 16.2 Å². The molecular weight excluding hydrogens is 322 g/mol. The summed E-state index contributed by atoms with van der Waals surface area (Å²) in [5.41, 5.74) is 7.12. The Hall–Kier alpha value is -3.14. The third-order valence-corrected chi connectivity index (χ3v) is 4.35. The summed E-state index contributed by atoms with van der Waals surface area (Å²) in [5.74, 6) is 0.263. The molecule has 0 radical (unpaired) electrons. The monoisotopic (exact) mass is 345 g/mol. The van der Waals surface area contributed by atoms with Crippen LogP contribution in [0.1, 0.15) is 48.2 Å². The van der Waals surface area contributed by atoms with Crippen molar-refractivity contribution in [3.8, 4) is 5.69 Å². The number of nitrogens with zero attached hydrogens (tertiary/aromatic N) is 2. The fourth-order valence-corrected chi connectivity index (χ4v) is 2.75. The number of hydrazone groups is 1. The largest absolute Gasteiger partial charge is 0.323 e. The zero-order chi connectivity index (χ0) is 18.5. The Kier molecular flexibility index (Phi) is 5.32. The highest BCUT2D eigenvalue weighted by atomic mass is 16.2. The van der Waals surface area contributed by atoms with Crippen LogP contribution in [0.2, 0.25) is 0 Å². The third-order valence-electron chi connectivity index (χ3n) is 4.35. The molecule has 0 saturated carbocycles. The van der Waals surface area contributed by atoms with Crippen LogP contribution in [0.5, 0.6) is 0 Å². The van der Waals surface area contributed by atoms with Crippen molar-refractivity contribution in [2.75, 3.05) is 0 Å². The minimum atomic E-state index is -0.229. The minimum absolute atomic E-state index is 0.229. The van der Waals surface area contributed by atoms with Gasteiger partial charge in [0.15, 0.2) is 0 Å². The molecule has 0 atom stereocenters. The molecule has 1 aromatic heterocycles. The highest BCUT2D eigenvalue weighted by Gasteiger charge is 2.11. The van der Waals surface area contributed by atoms with Gasteiger partial charge in [0.2, 0.25) is 0 Å². The van der Waals surface area contributed by atoms with E-state index in [0.717, 1.165) is 17.0 Å². The van der Waals surface area contributed by atoms with E-state index in [1.807, 2.05) is 66.3 Å². The van der Waals surface area contributed by atoms with Crippen LogP contribution in [0.3, 0.4) is 0 Å². The molecule has 3 rings (SSSR count). The number of rotatable bonds is 5. The number of para-hydroxylation sites is 1. The van der Waals surface area contributed by atoms with E-state index in [9.17, 15) is 4.79 Å². The number of aromatic nitrogens is 1. The topological polar surface area (TPSA) is 46.4 Å². The number of carbonyl (C=O) groups excluding carboxylic acids is 1. The van der Waals surface area contributed by atoms with Gasteiger partial charge in [-0.2, -0.15) is 5.10 Å². The van der Waals surface area contributed by atoms with E-state index in [2.05, 4.69) is 36.5 Å². The lowest BCUT2D eigenvalue weighted by Crippen LogP contribution is -2.21. The molecule has 132 valence electrons. The highest BCUT2D eigenvalue weighted by Crippen LogP contribution is 2.16. The maximum atomic E-state index is 12.6. The standard InChI is InChI=1S/C22H23N3O/c1-16(2)18-10-12-19(13-11-18)17(3)23-24-22(26)20-8-4-5-9-21(20)25-14-6-7-15-25/h4-16H,1-3H3,(H,24,26)/b23-17+. The van der Waals surface area contributed by atoms with Crippen LogP contribution in [0.4, 0.5) is 0 Å². The number of amides is 1. The Balaban J connectivity index is 1.77. The summed E-state index contributed by atoms with van der Waals surface area (Å²) in [7, 11) is 0. The van der Waals surface area contributed by atoms with Crippen molar-refractivity contribution < 1.29 is 4.79 Å². The Morgan fingerprint density at radius 2 is 1.62 bits per heavy atom. The first-order valence-corrected chi connectivity index (χ1v) is 8.73. The van der Waals surface area contributed by atoms with Crippen LogP contribution < -0.4 is 5.43 Å². The Morgan fingerprint density at radius 1 is 0.962 bits per heavy atom. The molecule has 1 N–H and O–H groups in total. The van der Waals surface area contributed by atoms with Crippen LogP contribution in [-0.2, 0) is 0 Å². The molecule has 1 heterocycles. The second kappa shape index (κ2) is 7.83. The summed E-state index contributed by atoms with van der Waals surface area (Å²) in [5, 5.41) is 4.28. The summed E-state index contributed by atoms with van der Waals surface area (Å²) >= 11 is 0. The second-order valence-electron chi connectivity index (χ2n) is 6.52. The van der Waals surface area contributed by atoms with Gasteiger partial charge in [-0.1, -0.05) is 50.2 Å². The van der Waals surface area contributed by atoms with Crippen molar-refractivity contribution in [2.45, 2.75) is 26.7 Å². The number of hydrogen-bond acceptors (Lipinski definition) is 2. The molecule has 4 nitrogen and oxygen atoms in total. The lowest BCUT2D eigenvalue weighted by Gasteiger charge is -2.10. The first kappa shape index (κ1) is 17.7. The van der Waals surface area contributed by atoms with Gasteiger partial charge in [0.05, 0.1) is 17.0 Å². The van der Waals surface area contributed by atoms with Gasteiger partial charge in [-0.15, -0.1) is 0 Å². The molecule has 1 amide bonds. The van der Waals surface area contributed by atoms with Gasteiger partial charge in [0.1, 0.15) is 0 Å². The molecule has 0 aliphatic carbocycles. The van der Waals surface area contributed by atoms with E-state index < -0.39 is 0 Å². The average molecular weight is 345 g/mol. The normalized spacial score (nSPS) is 11.6. The van der Waals surface area contributed by atoms with Crippen molar-refractivity contribution >= 4 is 11.6 Å². The highest BCUT2D eigenvalue weighted by molar-refractivity contribution is 6.02. The quantitative estimate of drug-likeness (QED) is 0.526. The van der Waals surface area contributed by atoms with Gasteiger partial charge in [-0.3, -0.25) is 4.79 Å². The Bertz CT molecular complexity index is 907. The van der Waals surface area contributed by atoms with Crippen molar-refractivity contribution in [1.82, 2.24) is 9.99 Å². The first-order chi connectivity index (χ1) is 12.6. The van der Waals surface area contributed by atoms with Crippen molar-refractivity contribution in [1.29, 1.82) is 0 Å². The zero-order valence-corrected chi connectivity index (χ0v) is 15.3. The summed E-state index contributed by atoms with van der Waals surface area (Å²) in [6.45, 7) is 6.22. The first-order valence-electron chi connectivity index (χ1n) is 8.73. The van der Waals surface area contributed by atoms with E-state index >= 15 is 0 Å². The van der Waals surface area contributed by atoms with Crippen molar-refractivity contribution in [2.24, 2.45) is 5.10 Å². The predicted molar refractivity (Wildman–Crippen MR) is 106 cm³/mol. The third kappa shape index (κ3) is 3.91. The van der Waals surface area contributed by atoms with Gasteiger partial charge in [0.25, 0.3) is 5.91 Å². The summed E-state index contributed by atoms with van der Waals surface area (Å²) in [4.78, 5) is 12.6. The molecule has 26 heavy (non-hydrogen) atoms. The van der Waals surface area contributed by atoms with Crippen molar-refractivity contribution in [3.63, 3.8) is 0 Å². The molecule has 0 aliphatic heterocycles. The molecule has 0 bridgehead atoms. The smallest absolute Gasteiger partial charge is 0.273 e. The van der Waals surface area contributed by atoms with E-state index in [1.165, 1.54) is 5.56 Å². The minimum Gasteiger partial charge on any atom is -0.323 e. The van der Waals surface area contributed by atoms with E-state index in [-0.39, 0.29) is 5.91 Å². The van der Waals surface area contributed by atoms with Gasteiger partial charge in [-0.25, -0.2) is 5.43 Å². The van der Waals surface area contributed by atoms with Crippen LogP contribution in [0.25, 0.3) is 5.69 Å². The predicted octanol–water partition coefficient (Wildman–Crippen LogP) is 4.75. The SMILES string of the molecule is C/C(=N\NC(=O)c1ccccc1-n1cccc1)c1ccc(C(C)C)cc1. The molecule has 0 fully saturated rings. The Morgan fingerprint density at radius 3 is 2.27 bits per heavy atom. The molecule has 0 aliphatic rings. The fraction of sp³-hybridized carbons (Fsp3) is 0.182. The number of benzene rings is 2. The summed E-state index contributed by atoms with van der Waals surface area (Å²) in [6.07, 6.45) is 3.83. The fourth-order valence-electron chi connectivity index (χ4n) is 2.75. The molecule has 2 aromatic carbocycles. The van der Waals surface area contributed by atoms with Crippen LogP contribution in [0.15, 0.2) is 78.2 Å². The summed E-state index contributed by atoms with van der Waals surface area (Å²) in [6, 6.07) is 19.6.